The maximum atomic E-state index is 3.64. The molecule has 0 saturated carbocycles. The van der Waals surface area contributed by atoms with Gasteiger partial charge in [-0.05, 0) is 104 Å². The van der Waals surface area contributed by atoms with E-state index in [-0.39, 0.29) is 0 Å². The van der Waals surface area contributed by atoms with Gasteiger partial charge in [-0.1, -0.05) is 105 Å². The number of aryl methyl sites for hydroxylation is 2. The Bertz CT molecular complexity index is 1550. The molecule has 0 bridgehead atoms. The molecule has 0 N–H and O–H groups in total. The van der Waals surface area contributed by atoms with Crippen LogP contribution >= 0.6 is 31.9 Å². The molecular formula is C32H24Br2. The Hall–Kier alpha value is -2.68. The van der Waals surface area contributed by atoms with Gasteiger partial charge in [0.25, 0.3) is 0 Å². The first-order valence-corrected chi connectivity index (χ1v) is 13.5. The number of unbranched alkanes of at least 4 members (excludes halogenated alkanes) is 1. The summed E-state index contributed by atoms with van der Waals surface area (Å²) < 4.78 is 2.26. The fourth-order valence-electron chi connectivity index (χ4n) is 5.35. The Labute approximate surface area is 216 Å². The van der Waals surface area contributed by atoms with Gasteiger partial charge in [0.2, 0.25) is 0 Å². The molecule has 0 amide bonds. The van der Waals surface area contributed by atoms with Crippen molar-refractivity contribution in [3.05, 3.63) is 117 Å². The molecule has 0 unspecified atom stereocenters. The zero-order chi connectivity index (χ0) is 23.1. The fraction of sp³-hybridized carbons (Fsp3) is 0.125. The fourth-order valence-corrected chi connectivity index (χ4v) is 6.07. The van der Waals surface area contributed by atoms with Gasteiger partial charge in [-0.15, -0.1) is 0 Å². The Morgan fingerprint density at radius 2 is 0.824 bits per heavy atom. The highest BCUT2D eigenvalue weighted by Crippen LogP contribution is 2.33. The van der Waals surface area contributed by atoms with Crippen molar-refractivity contribution in [1.29, 1.82) is 0 Å². The standard InChI is InChI=1S/C32H24Br2/c33-25-15-13-23-17-21(27-9-3-5-11-29(27)31(23)19-25)7-1-2-8-22-18-24-14-16-26(34)20-32(24)30-12-6-4-10-28(22)30/h3-6,9-20H,1-2,7-8H2. The van der Waals surface area contributed by atoms with Crippen LogP contribution in [0.1, 0.15) is 24.0 Å². The second-order valence-corrected chi connectivity index (χ2v) is 10.9. The van der Waals surface area contributed by atoms with Gasteiger partial charge in [0.1, 0.15) is 0 Å². The minimum Gasteiger partial charge on any atom is -0.0616 e. The van der Waals surface area contributed by atoms with E-state index in [1.54, 1.807) is 0 Å². The van der Waals surface area contributed by atoms with Crippen LogP contribution in [0.15, 0.2) is 106 Å². The van der Waals surface area contributed by atoms with Crippen molar-refractivity contribution < 1.29 is 0 Å². The monoisotopic (exact) mass is 566 g/mol. The Balaban J connectivity index is 1.28. The number of fused-ring (bicyclic) bond motifs is 6. The number of halogens is 2. The average Bonchev–Trinajstić information content (AvgIpc) is 2.87. The van der Waals surface area contributed by atoms with E-state index >= 15 is 0 Å². The van der Waals surface area contributed by atoms with Gasteiger partial charge in [-0.3, -0.25) is 0 Å². The minimum absolute atomic E-state index is 1.10. The molecule has 0 spiro atoms. The summed E-state index contributed by atoms with van der Waals surface area (Å²) in [6.45, 7) is 0. The molecular weight excluding hydrogens is 544 g/mol. The van der Waals surface area contributed by atoms with Crippen molar-refractivity contribution in [2.75, 3.05) is 0 Å². The lowest BCUT2D eigenvalue weighted by molar-refractivity contribution is 0.740. The lowest BCUT2D eigenvalue weighted by atomic mass is 9.92. The van der Waals surface area contributed by atoms with E-state index in [1.807, 2.05) is 0 Å². The van der Waals surface area contributed by atoms with Gasteiger partial charge in [0.05, 0.1) is 0 Å². The summed E-state index contributed by atoms with van der Waals surface area (Å²) in [5, 5.41) is 10.8. The first-order chi connectivity index (χ1) is 16.7. The lowest BCUT2D eigenvalue weighted by Gasteiger charge is -2.13. The molecule has 0 saturated heterocycles. The molecule has 0 aliphatic heterocycles. The van der Waals surface area contributed by atoms with Gasteiger partial charge in [0.15, 0.2) is 0 Å². The highest BCUT2D eigenvalue weighted by Gasteiger charge is 2.09. The number of benzene rings is 6. The molecule has 0 nitrogen and oxygen atoms in total. The molecule has 6 aromatic rings. The van der Waals surface area contributed by atoms with Crippen molar-refractivity contribution in [2.45, 2.75) is 25.7 Å². The summed E-state index contributed by atoms with van der Waals surface area (Å²) in [4.78, 5) is 0. The Kier molecular flexibility index (Phi) is 5.89. The molecule has 6 aromatic carbocycles. The molecule has 34 heavy (non-hydrogen) atoms. The van der Waals surface area contributed by atoms with Crippen LogP contribution < -0.4 is 0 Å². The normalized spacial score (nSPS) is 11.7. The molecule has 0 heterocycles. The van der Waals surface area contributed by atoms with Crippen LogP contribution in [0.25, 0.3) is 43.1 Å². The topological polar surface area (TPSA) is 0 Å². The van der Waals surface area contributed by atoms with Gasteiger partial charge in [0, 0.05) is 8.95 Å². The van der Waals surface area contributed by atoms with Crippen molar-refractivity contribution in [3.8, 4) is 0 Å². The maximum Gasteiger partial charge on any atom is 0.0181 e. The molecule has 6 rings (SSSR count). The second kappa shape index (κ2) is 9.17. The van der Waals surface area contributed by atoms with Crippen LogP contribution in [0.2, 0.25) is 0 Å². The van der Waals surface area contributed by atoms with E-state index in [1.165, 1.54) is 67.1 Å². The van der Waals surface area contributed by atoms with Crippen LogP contribution in [0.4, 0.5) is 0 Å². The summed E-state index contributed by atoms with van der Waals surface area (Å²) in [7, 11) is 0. The van der Waals surface area contributed by atoms with Gasteiger partial charge in [-0.25, -0.2) is 0 Å². The minimum atomic E-state index is 1.10. The van der Waals surface area contributed by atoms with Crippen LogP contribution in [-0.4, -0.2) is 0 Å². The average molecular weight is 568 g/mol. The van der Waals surface area contributed by atoms with Crippen molar-refractivity contribution in [3.63, 3.8) is 0 Å². The van der Waals surface area contributed by atoms with Gasteiger partial charge >= 0.3 is 0 Å². The zero-order valence-corrected chi connectivity index (χ0v) is 22.0. The predicted molar refractivity (Wildman–Crippen MR) is 155 cm³/mol. The number of rotatable bonds is 5. The van der Waals surface area contributed by atoms with Gasteiger partial charge < -0.3 is 0 Å². The van der Waals surface area contributed by atoms with Crippen LogP contribution in [0.5, 0.6) is 0 Å². The quantitative estimate of drug-likeness (QED) is 0.143. The maximum absolute atomic E-state index is 3.64. The first-order valence-electron chi connectivity index (χ1n) is 11.9. The van der Waals surface area contributed by atoms with Crippen LogP contribution in [0, 0.1) is 0 Å². The summed E-state index contributed by atoms with van der Waals surface area (Å²) >= 11 is 7.29. The largest absolute Gasteiger partial charge is 0.0616 e. The van der Waals surface area contributed by atoms with E-state index in [9.17, 15) is 0 Å². The summed E-state index contributed by atoms with van der Waals surface area (Å²) in [6.07, 6.45) is 4.56. The van der Waals surface area contributed by atoms with Crippen LogP contribution in [-0.2, 0) is 12.8 Å². The van der Waals surface area contributed by atoms with Crippen molar-refractivity contribution >= 4 is 74.9 Å². The van der Waals surface area contributed by atoms with Crippen molar-refractivity contribution in [2.24, 2.45) is 0 Å². The Morgan fingerprint density at radius 1 is 0.412 bits per heavy atom. The molecule has 0 atom stereocenters. The Morgan fingerprint density at radius 3 is 1.26 bits per heavy atom. The third kappa shape index (κ3) is 4.04. The first kappa shape index (κ1) is 21.8. The molecule has 166 valence electrons. The van der Waals surface area contributed by atoms with E-state index in [0.29, 0.717) is 0 Å². The zero-order valence-electron chi connectivity index (χ0n) is 18.8. The molecule has 0 aliphatic carbocycles. The van der Waals surface area contributed by atoms with E-state index in [2.05, 4.69) is 129 Å². The van der Waals surface area contributed by atoms with Crippen LogP contribution in [0.3, 0.4) is 0 Å². The summed E-state index contributed by atoms with van der Waals surface area (Å²) in [5.74, 6) is 0. The lowest BCUT2D eigenvalue weighted by Crippen LogP contribution is -1.93. The molecule has 0 aliphatic rings. The molecule has 0 aromatic heterocycles. The molecule has 2 heteroatoms. The smallest absolute Gasteiger partial charge is 0.0181 e. The summed E-state index contributed by atoms with van der Waals surface area (Å²) in [6, 6.07) is 35.7. The highest BCUT2D eigenvalue weighted by molar-refractivity contribution is 9.10. The van der Waals surface area contributed by atoms with Gasteiger partial charge in [-0.2, -0.15) is 0 Å². The summed E-state index contributed by atoms with van der Waals surface area (Å²) in [5.41, 5.74) is 2.91. The SMILES string of the molecule is Brc1ccc2cc(CCCCc3cc4ccc(Br)cc4c4ccccc34)c3ccccc3c2c1. The van der Waals surface area contributed by atoms with Crippen molar-refractivity contribution in [1.82, 2.24) is 0 Å². The van der Waals surface area contributed by atoms with E-state index < -0.39 is 0 Å². The second-order valence-electron chi connectivity index (χ2n) is 9.10. The number of hydrogen-bond acceptors (Lipinski definition) is 0. The van der Waals surface area contributed by atoms with E-state index in [0.717, 1.165) is 21.8 Å². The number of hydrogen-bond donors (Lipinski definition) is 0. The molecule has 0 radical (unpaired) electrons. The predicted octanol–water partition coefficient (Wildman–Crippen LogP) is 10.4. The third-order valence-electron chi connectivity index (χ3n) is 6.96. The highest BCUT2D eigenvalue weighted by atomic mass is 79.9. The third-order valence-corrected chi connectivity index (χ3v) is 7.95. The molecule has 0 fully saturated rings. The van der Waals surface area contributed by atoms with E-state index in [4.69, 9.17) is 0 Å².